The molecule has 0 heteroatoms. The fourth-order valence-corrected chi connectivity index (χ4v) is 2.40. The van der Waals surface area contributed by atoms with Gasteiger partial charge in [0.25, 0.3) is 0 Å². The molecule has 0 saturated carbocycles. The van der Waals surface area contributed by atoms with Crippen molar-refractivity contribution < 1.29 is 0 Å². The lowest BCUT2D eigenvalue weighted by atomic mass is 9.80. The molecule has 0 N–H and O–H groups in total. The van der Waals surface area contributed by atoms with Gasteiger partial charge in [0, 0.05) is 0 Å². The predicted molar refractivity (Wildman–Crippen MR) is 66.5 cm³/mol. The lowest BCUT2D eigenvalue weighted by molar-refractivity contribution is 0.248. The van der Waals surface area contributed by atoms with E-state index in [1.165, 1.54) is 25.7 Å². The van der Waals surface area contributed by atoms with Crippen LogP contribution in [0.5, 0.6) is 0 Å². The van der Waals surface area contributed by atoms with E-state index in [4.69, 9.17) is 0 Å². The number of hydrogen-bond acceptors (Lipinski definition) is 0. The van der Waals surface area contributed by atoms with Crippen LogP contribution in [-0.4, -0.2) is 0 Å². The first kappa shape index (κ1) is 14.0. The summed E-state index contributed by atoms with van der Waals surface area (Å²) >= 11 is 0. The van der Waals surface area contributed by atoms with Crippen LogP contribution in [0.1, 0.15) is 67.2 Å². The Kier molecular flexibility index (Phi) is 7.31. The normalized spacial score (nSPS) is 18.2. The van der Waals surface area contributed by atoms with Gasteiger partial charge in [-0.3, -0.25) is 0 Å². The topological polar surface area (TPSA) is 0 Å². The summed E-state index contributed by atoms with van der Waals surface area (Å²) in [6.45, 7) is 14.2. The van der Waals surface area contributed by atoms with Gasteiger partial charge in [-0.15, -0.1) is 0 Å². The molecule has 0 aliphatic carbocycles. The van der Waals surface area contributed by atoms with Gasteiger partial charge in [-0.2, -0.15) is 0 Å². The highest BCUT2D eigenvalue weighted by molar-refractivity contribution is 4.69. The van der Waals surface area contributed by atoms with Crippen LogP contribution in [0.2, 0.25) is 0 Å². The molecular formula is C14H30. The lowest BCUT2D eigenvalue weighted by Crippen LogP contribution is -2.16. The van der Waals surface area contributed by atoms with Gasteiger partial charge >= 0.3 is 0 Å². The smallest absolute Gasteiger partial charge is 0.0389 e. The van der Waals surface area contributed by atoms with Crippen LogP contribution in [0.25, 0.3) is 0 Å². The minimum Gasteiger partial charge on any atom is -0.0651 e. The second kappa shape index (κ2) is 7.31. The Morgan fingerprint density at radius 2 is 1.36 bits per heavy atom. The van der Waals surface area contributed by atoms with Gasteiger partial charge in [-0.1, -0.05) is 54.4 Å². The van der Waals surface area contributed by atoms with E-state index < -0.39 is 0 Å². The van der Waals surface area contributed by atoms with Crippen molar-refractivity contribution in [1.29, 1.82) is 0 Å². The van der Waals surface area contributed by atoms with Crippen molar-refractivity contribution in [1.82, 2.24) is 0 Å². The summed E-state index contributed by atoms with van der Waals surface area (Å²) in [5.41, 5.74) is 0. The monoisotopic (exact) mass is 198 g/mol. The Balaban J connectivity index is 3.96. The highest BCUT2D eigenvalue weighted by Gasteiger charge is 2.18. The molecule has 0 aromatic carbocycles. The Morgan fingerprint density at radius 3 is 1.71 bits per heavy atom. The van der Waals surface area contributed by atoms with Crippen molar-refractivity contribution >= 4 is 0 Å². The second-order valence-electron chi connectivity index (χ2n) is 5.52. The Hall–Kier alpha value is 0. The van der Waals surface area contributed by atoms with Crippen molar-refractivity contribution in [2.45, 2.75) is 67.2 Å². The predicted octanol–water partition coefficient (Wildman–Crippen LogP) is 5.13. The Morgan fingerprint density at radius 1 is 0.786 bits per heavy atom. The molecule has 14 heavy (non-hydrogen) atoms. The first-order valence-corrected chi connectivity index (χ1v) is 6.51. The third-order valence-corrected chi connectivity index (χ3v) is 3.57. The summed E-state index contributed by atoms with van der Waals surface area (Å²) in [7, 11) is 0. The van der Waals surface area contributed by atoms with E-state index in [2.05, 4.69) is 41.5 Å². The Bertz CT molecular complexity index is 126. The van der Waals surface area contributed by atoms with Crippen molar-refractivity contribution in [3.05, 3.63) is 0 Å². The summed E-state index contributed by atoms with van der Waals surface area (Å²) in [6.07, 6.45) is 5.52. The Labute approximate surface area is 91.5 Å². The molecule has 0 rings (SSSR count). The zero-order valence-corrected chi connectivity index (χ0v) is 11.1. The molecule has 0 fully saturated rings. The van der Waals surface area contributed by atoms with E-state index in [1.807, 2.05) is 0 Å². The van der Waals surface area contributed by atoms with Crippen molar-refractivity contribution in [2.75, 3.05) is 0 Å². The van der Waals surface area contributed by atoms with Crippen molar-refractivity contribution in [2.24, 2.45) is 23.7 Å². The van der Waals surface area contributed by atoms with E-state index >= 15 is 0 Å². The van der Waals surface area contributed by atoms with Gasteiger partial charge in [-0.05, 0) is 36.5 Å². The van der Waals surface area contributed by atoms with Crippen LogP contribution in [0.15, 0.2) is 0 Å². The highest BCUT2D eigenvalue weighted by atomic mass is 14.2. The molecule has 0 nitrogen and oxygen atoms in total. The van der Waals surface area contributed by atoms with Crippen LogP contribution < -0.4 is 0 Å². The van der Waals surface area contributed by atoms with E-state index in [0.29, 0.717) is 0 Å². The quantitative estimate of drug-likeness (QED) is 0.532. The molecule has 0 amide bonds. The molecule has 3 unspecified atom stereocenters. The molecule has 86 valence electrons. The van der Waals surface area contributed by atoms with Crippen LogP contribution in [0.3, 0.4) is 0 Å². The van der Waals surface area contributed by atoms with E-state index in [-0.39, 0.29) is 0 Å². The van der Waals surface area contributed by atoms with Crippen molar-refractivity contribution in [3.63, 3.8) is 0 Å². The van der Waals surface area contributed by atoms with Gasteiger partial charge in [-0.25, -0.2) is 0 Å². The first-order valence-electron chi connectivity index (χ1n) is 6.51. The van der Waals surface area contributed by atoms with Gasteiger partial charge < -0.3 is 0 Å². The van der Waals surface area contributed by atoms with Crippen LogP contribution in [-0.2, 0) is 0 Å². The van der Waals surface area contributed by atoms with E-state index in [0.717, 1.165) is 23.7 Å². The van der Waals surface area contributed by atoms with Crippen LogP contribution in [0, 0.1) is 23.7 Å². The average Bonchev–Trinajstić information content (AvgIpc) is 2.13. The largest absolute Gasteiger partial charge is 0.0651 e. The standard InChI is InChI=1S/C14H30/c1-7-12(5)10-13(6)14(8-2)9-11(3)4/h11-14H,7-10H2,1-6H3. The summed E-state index contributed by atoms with van der Waals surface area (Å²) in [6, 6.07) is 0. The molecule has 0 spiro atoms. The summed E-state index contributed by atoms with van der Waals surface area (Å²) in [5.74, 6) is 3.63. The molecule has 0 saturated heterocycles. The van der Waals surface area contributed by atoms with Gasteiger partial charge in [0.15, 0.2) is 0 Å². The minimum atomic E-state index is 0.860. The summed E-state index contributed by atoms with van der Waals surface area (Å²) in [4.78, 5) is 0. The molecule has 0 heterocycles. The molecule has 3 atom stereocenters. The second-order valence-corrected chi connectivity index (χ2v) is 5.52. The van der Waals surface area contributed by atoms with Gasteiger partial charge in [0.05, 0.1) is 0 Å². The molecule has 0 aromatic rings. The fourth-order valence-electron chi connectivity index (χ4n) is 2.40. The molecule has 0 aromatic heterocycles. The molecule has 0 aliphatic heterocycles. The maximum atomic E-state index is 2.45. The summed E-state index contributed by atoms with van der Waals surface area (Å²) < 4.78 is 0. The van der Waals surface area contributed by atoms with Crippen molar-refractivity contribution in [3.8, 4) is 0 Å². The van der Waals surface area contributed by atoms with E-state index in [9.17, 15) is 0 Å². The van der Waals surface area contributed by atoms with Gasteiger partial charge in [0.1, 0.15) is 0 Å². The van der Waals surface area contributed by atoms with Crippen LogP contribution >= 0.6 is 0 Å². The molecule has 0 bridgehead atoms. The highest BCUT2D eigenvalue weighted by Crippen LogP contribution is 2.29. The maximum absolute atomic E-state index is 2.45. The summed E-state index contributed by atoms with van der Waals surface area (Å²) in [5, 5.41) is 0. The third-order valence-electron chi connectivity index (χ3n) is 3.57. The fraction of sp³-hybridized carbons (Fsp3) is 1.00. The number of rotatable bonds is 7. The zero-order chi connectivity index (χ0) is 11.1. The number of hydrogen-bond donors (Lipinski definition) is 0. The SMILES string of the molecule is CCC(C)CC(C)C(CC)CC(C)C. The average molecular weight is 198 g/mol. The first-order chi connectivity index (χ1) is 6.51. The minimum absolute atomic E-state index is 0.860. The molecule has 0 aliphatic rings. The maximum Gasteiger partial charge on any atom is -0.0389 e. The molecular weight excluding hydrogens is 168 g/mol. The molecule has 0 radical (unpaired) electrons. The zero-order valence-electron chi connectivity index (χ0n) is 11.1. The lowest BCUT2D eigenvalue weighted by Gasteiger charge is -2.26. The van der Waals surface area contributed by atoms with Crippen LogP contribution in [0.4, 0.5) is 0 Å². The van der Waals surface area contributed by atoms with E-state index in [1.54, 1.807) is 0 Å². The third kappa shape index (κ3) is 5.67. The van der Waals surface area contributed by atoms with Gasteiger partial charge in [0.2, 0.25) is 0 Å².